The summed E-state index contributed by atoms with van der Waals surface area (Å²) in [6, 6.07) is 9.72. The van der Waals surface area contributed by atoms with Gasteiger partial charge in [-0.05, 0) is 41.7 Å². The van der Waals surface area contributed by atoms with Crippen LogP contribution in [0.1, 0.15) is 48.1 Å². The number of Topliss-reactive ketones (excluding diaryl/α,β-unsaturated/α-hetero) is 1. The van der Waals surface area contributed by atoms with Crippen molar-refractivity contribution in [1.29, 1.82) is 0 Å². The van der Waals surface area contributed by atoms with Gasteiger partial charge in [-0.25, -0.2) is 4.99 Å². The molecule has 4 nitrogen and oxygen atoms in total. The smallest absolute Gasteiger partial charge is 0.218 e. The normalized spacial score (nSPS) is 14.0. The third-order valence-electron chi connectivity index (χ3n) is 4.55. The fourth-order valence-corrected chi connectivity index (χ4v) is 3.29. The molecule has 5 heteroatoms. The summed E-state index contributed by atoms with van der Waals surface area (Å²) in [4.78, 5) is 21.2. The van der Waals surface area contributed by atoms with Crippen molar-refractivity contribution in [2.45, 2.75) is 38.6 Å². The Hall–Kier alpha value is -2.20. The van der Waals surface area contributed by atoms with E-state index in [1.165, 1.54) is 0 Å². The Morgan fingerprint density at radius 2 is 2.08 bits per heavy atom. The summed E-state index contributed by atoms with van der Waals surface area (Å²) in [7, 11) is 1.60. The van der Waals surface area contributed by atoms with Gasteiger partial charge >= 0.3 is 0 Å². The van der Waals surface area contributed by atoms with Crippen LogP contribution < -0.4 is 0 Å². The topological polar surface area (TPSA) is 51.5 Å². The summed E-state index contributed by atoms with van der Waals surface area (Å²) in [5.74, 6) is 1.02. The fourth-order valence-electron chi connectivity index (χ4n) is 3.17. The SMILES string of the molecule is CC[C@@H](CC(=O)Cc1cc2c(cn1)C(OC)=NC2)c1ccc(Cl)cc1. The Morgan fingerprint density at radius 1 is 1.32 bits per heavy atom. The number of rotatable bonds is 6. The standard InChI is InChI=1S/C20H21ClN2O2/c1-3-13(14-4-6-16(21)7-5-14)9-18(24)10-17-8-15-11-23-20(25-2)19(15)12-22-17/h4-8,12-13H,3,9-11H2,1-2H3/t13-/m0/s1. The highest BCUT2D eigenvalue weighted by atomic mass is 35.5. The Morgan fingerprint density at radius 3 is 2.76 bits per heavy atom. The zero-order valence-electron chi connectivity index (χ0n) is 14.5. The second-order valence-corrected chi connectivity index (χ2v) is 6.67. The van der Waals surface area contributed by atoms with Gasteiger partial charge in [-0.15, -0.1) is 0 Å². The molecule has 1 atom stereocenters. The summed E-state index contributed by atoms with van der Waals surface area (Å²) < 4.78 is 5.22. The number of ether oxygens (including phenoxy) is 1. The molecule has 0 spiro atoms. The Balaban J connectivity index is 1.65. The first-order chi connectivity index (χ1) is 12.1. The summed E-state index contributed by atoms with van der Waals surface area (Å²) in [6.07, 6.45) is 3.52. The molecular formula is C20H21ClN2O2. The lowest BCUT2D eigenvalue weighted by Crippen LogP contribution is -2.11. The molecule has 0 amide bonds. The van der Waals surface area contributed by atoms with Gasteiger partial charge in [-0.1, -0.05) is 30.7 Å². The lowest BCUT2D eigenvalue weighted by molar-refractivity contribution is -0.118. The predicted molar refractivity (Wildman–Crippen MR) is 99.3 cm³/mol. The first-order valence-corrected chi connectivity index (χ1v) is 8.82. The highest BCUT2D eigenvalue weighted by molar-refractivity contribution is 6.30. The van der Waals surface area contributed by atoms with Crippen LogP contribution in [0.15, 0.2) is 41.5 Å². The fraction of sp³-hybridized carbons (Fsp3) is 0.350. The monoisotopic (exact) mass is 356 g/mol. The summed E-state index contributed by atoms with van der Waals surface area (Å²) in [5, 5.41) is 0.713. The van der Waals surface area contributed by atoms with Crippen molar-refractivity contribution in [3.8, 4) is 0 Å². The number of ketones is 1. The number of benzene rings is 1. The molecule has 0 fully saturated rings. The average Bonchev–Trinajstić information content (AvgIpc) is 3.03. The molecule has 0 saturated heterocycles. The maximum Gasteiger partial charge on any atom is 0.218 e. The number of hydrogen-bond donors (Lipinski definition) is 0. The molecule has 1 aromatic heterocycles. The number of fused-ring (bicyclic) bond motifs is 1. The van der Waals surface area contributed by atoms with E-state index in [9.17, 15) is 4.79 Å². The van der Waals surface area contributed by atoms with Crippen molar-refractivity contribution < 1.29 is 9.53 Å². The van der Waals surface area contributed by atoms with Crippen LogP contribution in [0.2, 0.25) is 5.02 Å². The first kappa shape index (κ1) is 17.6. The number of carbonyl (C=O) groups is 1. The molecule has 1 aromatic carbocycles. The van der Waals surface area contributed by atoms with E-state index in [0.29, 0.717) is 30.3 Å². The van der Waals surface area contributed by atoms with Crippen LogP contribution in [0.25, 0.3) is 0 Å². The zero-order valence-corrected chi connectivity index (χ0v) is 15.2. The third kappa shape index (κ3) is 4.07. The summed E-state index contributed by atoms with van der Waals surface area (Å²) in [5.41, 5.74) is 3.94. The van der Waals surface area contributed by atoms with E-state index in [0.717, 1.165) is 28.8 Å². The minimum atomic E-state index is 0.195. The van der Waals surface area contributed by atoms with Crippen molar-refractivity contribution in [1.82, 2.24) is 4.98 Å². The number of aliphatic imine (C=N–C) groups is 1. The maximum atomic E-state index is 12.5. The van der Waals surface area contributed by atoms with Gasteiger partial charge in [-0.3, -0.25) is 9.78 Å². The van der Waals surface area contributed by atoms with Gasteiger partial charge in [0.2, 0.25) is 5.90 Å². The number of hydrogen-bond acceptors (Lipinski definition) is 4. The molecule has 2 heterocycles. The molecule has 2 aromatic rings. The molecule has 3 rings (SSSR count). The van der Waals surface area contributed by atoms with Gasteiger partial charge in [0.25, 0.3) is 0 Å². The molecule has 1 aliphatic rings. The van der Waals surface area contributed by atoms with Gasteiger partial charge < -0.3 is 4.74 Å². The third-order valence-corrected chi connectivity index (χ3v) is 4.80. The number of aromatic nitrogens is 1. The van der Waals surface area contributed by atoms with Gasteiger partial charge in [0, 0.05) is 29.8 Å². The minimum absolute atomic E-state index is 0.195. The second-order valence-electron chi connectivity index (χ2n) is 6.23. The molecule has 0 bridgehead atoms. The molecule has 0 N–H and O–H groups in total. The van der Waals surface area contributed by atoms with E-state index in [1.54, 1.807) is 13.3 Å². The van der Waals surface area contributed by atoms with Gasteiger partial charge in [-0.2, -0.15) is 0 Å². The largest absolute Gasteiger partial charge is 0.481 e. The Bertz CT molecular complexity index is 800. The molecule has 1 aliphatic heterocycles. The number of pyridine rings is 1. The molecule has 0 unspecified atom stereocenters. The van der Waals surface area contributed by atoms with E-state index in [1.807, 2.05) is 30.3 Å². The maximum absolute atomic E-state index is 12.5. The van der Waals surface area contributed by atoms with E-state index in [2.05, 4.69) is 16.9 Å². The highest BCUT2D eigenvalue weighted by Gasteiger charge is 2.19. The van der Waals surface area contributed by atoms with Crippen LogP contribution in [-0.2, 0) is 22.5 Å². The van der Waals surface area contributed by atoms with Crippen LogP contribution >= 0.6 is 11.6 Å². The van der Waals surface area contributed by atoms with Crippen LogP contribution in [-0.4, -0.2) is 23.8 Å². The van der Waals surface area contributed by atoms with Crippen LogP contribution in [0.3, 0.4) is 0 Å². The molecule has 0 saturated carbocycles. The van der Waals surface area contributed by atoms with Gasteiger partial charge in [0.15, 0.2) is 0 Å². The van der Waals surface area contributed by atoms with Crippen molar-refractivity contribution >= 4 is 23.3 Å². The average molecular weight is 357 g/mol. The van der Waals surface area contributed by atoms with E-state index in [4.69, 9.17) is 16.3 Å². The van der Waals surface area contributed by atoms with Crippen LogP contribution in [0.5, 0.6) is 0 Å². The number of carbonyl (C=O) groups excluding carboxylic acids is 1. The van der Waals surface area contributed by atoms with Gasteiger partial charge in [0.05, 0.1) is 19.2 Å². The summed E-state index contributed by atoms with van der Waals surface area (Å²) >= 11 is 5.95. The Labute approximate surface area is 152 Å². The number of halogens is 1. The molecule has 0 radical (unpaired) electrons. The quantitative estimate of drug-likeness (QED) is 0.773. The van der Waals surface area contributed by atoms with Crippen molar-refractivity contribution in [3.63, 3.8) is 0 Å². The highest BCUT2D eigenvalue weighted by Crippen LogP contribution is 2.26. The first-order valence-electron chi connectivity index (χ1n) is 8.44. The van der Waals surface area contributed by atoms with Crippen molar-refractivity contribution in [2.24, 2.45) is 4.99 Å². The lowest BCUT2D eigenvalue weighted by atomic mass is 9.90. The number of methoxy groups -OCH3 is 1. The summed E-state index contributed by atoms with van der Waals surface area (Å²) in [6.45, 7) is 2.69. The van der Waals surface area contributed by atoms with Crippen LogP contribution in [0.4, 0.5) is 0 Å². The van der Waals surface area contributed by atoms with E-state index >= 15 is 0 Å². The van der Waals surface area contributed by atoms with Crippen LogP contribution in [0, 0.1) is 0 Å². The molecule has 0 aliphatic carbocycles. The number of nitrogens with zero attached hydrogens (tertiary/aromatic N) is 2. The van der Waals surface area contributed by atoms with Crippen molar-refractivity contribution in [3.05, 3.63) is 63.9 Å². The van der Waals surface area contributed by atoms with Gasteiger partial charge in [0.1, 0.15) is 5.78 Å². The molecule has 130 valence electrons. The molecule has 25 heavy (non-hydrogen) atoms. The minimum Gasteiger partial charge on any atom is -0.481 e. The predicted octanol–water partition coefficient (Wildman–Crippen LogP) is 4.34. The van der Waals surface area contributed by atoms with E-state index in [-0.39, 0.29) is 11.7 Å². The van der Waals surface area contributed by atoms with Crippen molar-refractivity contribution in [2.75, 3.05) is 7.11 Å². The molecular weight excluding hydrogens is 336 g/mol. The Kier molecular flexibility index (Phi) is 5.49. The zero-order chi connectivity index (χ0) is 17.8. The van der Waals surface area contributed by atoms with E-state index < -0.39 is 0 Å². The lowest BCUT2D eigenvalue weighted by Gasteiger charge is -2.14. The second kappa shape index (κ2) is 7.79.